The van der Waals surface area contributed by atoms with E-state index < -0.39 is 0 Å². The third kappa shape index (κ3) is 4.58. The van der Waals surface area contributed by atoms with Crippen molar-refractivity contribution in [3.05, 3.63) is 151 Å². The topological polar surface area (TPSA) is 34.0 Å². The lowest BCUT2D eigenvalue weighted by Gasteiger charge is -2.30. The van der Waals surface area contributed by atoms with Gasteiger partial charge in [0.25, 0.3) is 0 Å². The fourth-order valence-electron chi connectivity index (χ4n) is 6.35. The number of pyridine rings is 2. The summed E-state index contributed by atoms with van der Waals surface area (Å²) in [7, 11) is 0. The Morgan fingerprint density at radius 1 is 0.512 bits per heavy atom. The van der Waals surface area contributed by atoms with Gasteiger partial charge in [0.15, 0.2) is 0 Å². The molecule has 3 aromatic heterocycles. The van der Waals surface area contributed by atoms with Gasteiger partial charge < -0.3 is 4.90 Å². The smallest absolute Gasteiger partial charge is 0.138 e. The Morgan fingerprint density at radius 2 is 1.14 bits per heavy atom. The van der Waals surface area contributed by atoms with Gasteiger partial charge in [-0.15, -0.1) is 0 Å². The van der Waals surface area contributed by atoms with Crippen molar-refractivity contribution in [3.63, 3.8) is 0 Å². The van der Waals surface area contributed by atoms with Gasteiger partial charge in [-0.1, -0.05) is 103 Å². The van der Waals surface area contributed by atoms with Crippen LogP contribution in [0.25, 0.3) is 50.5 Å². The molecule has 4 heterocycles. The van der Waals surface area contributed by atoms with Gasteiger partial charge >= 0.3 is 0 Å². The summed E-state index contributed by atoms with van der Waals surface area (Å²) >= 11 is 0. The van der Waals surface area contributed by atoms with E-state index in [4.69, 9.17) is 9.97 Å². The molecule has 7 aromatic rings. The van der Waals surface area contributed by atoms with E-state index in [1.54, 1.807) is 0 Å². The van der Waals surface area contributed by atoms with Crippen molar-refractivity contribution >= 4 is 22.3 Å². The highest BCUT2D eigenvalue weighted by Gasteiger charge is 2.27. The second-order valence-electron chi connectivity index (χ2n) is 11.0. The minimum atomic E-state index is 0.927. The predicted octanol–water partition coefficient (Wildman–Crippen LogP) is 9.51. The van der Waals surface area contributed by atoms with Crippen LogP contribution in [0.5, 0.6) is 0 Å². The number of benzene rings is 4. The third-order valence-electron chi connectivity index (χ3n) is 8.30. The molecule has 1 aliphatic rings. The summed E-state index contributed by atoms with van der Waals surface area (Å²) in [5.41, 5.74) is 11.0. The van der Waals surface area contributed by atoms with Crippen LogP contribution in [0.4, 0.5) is 11.4 Å². The molecule has 0 spiro atoms. The van der Waals surface area contributed by atoms with E-state index >= 15 is 0 Å². The van der Waals surface area contributed by atoms with Gasteiger partial charge in [0.2, 0.25) is 0 Å². The van der Waals surface area contributed by atoms with Crippen LogP contribution in [0.2, 0.25) is 0 Å². The van der Waals surface area contributed by atoms with Crippen molar-refractivity contribution < 1.29 is 0 Å². The number of aromatic nitrogens is 3. The summed E-state index contributed by atoms with van der Waals surface area (Å²) in [5.74, 6) is 0.934. The number of hydrogen-bond donors (Lipinski definition) is 0. The quantitative estimate of drug-likeness (QED) is 0.212. The van der Waals surface area contributed by atoms with Crippen molar-refractivity contribution in [1.29, 1.82) is 0 Å². The van der Waals surface area contributed by atoms with E-state index in [-0.39, 0.29) is 0 Å². The van der Waals surface area contributed by atoms with E-state index in [1.165, 1.54) is 28.0 Å². The van der Waals surface area contributed by atoms with Crippen LogP contribution in [0.3, 0.4) is 0 Å². The largest absolute Gasteiger partial charge is 0.339 e. The van der Waals surface area contributed by atoms with Crippen molar-refractivity contribution in [1.82, 2.24) is 14.5 Å². The first-order valence-corrected chi connectivity index (χ1v) is 14.9. The minimum absolute atomic E-state index is 0.927. The molecular weight excluding hydrogens is 524 g/mol. The van der Waals surface area contributed by atoms with Crippen LogP contribution in [-0.2, 0) is 6.42 Å². The molecule has 1 aliphatic heterocycles. The van der Waals surface area contributed by atoms with Gasteiger partial charge in [0.1, 0.15) is 5.82 Å². The van der Waals surface area contributed by atoms with Crippen LogP contribution in [-0.4, -0.2) is 21.1 Å². The maximum absolute atomic E-state index is 5.33. The summed E-state index contributed by atoms with van der Waals surface area (Å²) in [4.78, 5) is 12.9. The van der Waals surface area contributed by atoms with E-state index in [0.29, 0.717) is 0 Å². The molecule has 0 aliphatic carbocycles. The van der Waals surface area contributed by atoms with Gasteiger partial charge in [-0.05, 0) is 55.3 Å². The standard InChI is InChI=1S/C39H30N4/c1-4-14-28(15-5-1)34-26-30(27-35(40-34)29-16-6-2-7-17-29)33-21-12-24-38(41-33)43-36-22-11-10-20-32(36)39-37(43)23-13-25-42(39)31-18-8-3-9-19-31/h1-12,14-22,24,26-27H,13,23,25H2. The van der Waals surface area contributed by atoms with Crippen LogP contribution in [0.15, 0.2) is 146 Å². The third-order valence-corrected chi connectivity index (χ3v) is 8.30. The van der Waals surface area contributed by atoms with Crippen molar-refractivity contribution in [2.24, 2.45) is 0 Å². The van der Waals surface area contributed by atoms with Crippen LogP contribution in [0.1, 0.15) is 12.1 Å². The molecule has 0 fully saturated rings. The Labute approximate surface area is 251 Å². The number of nitrogens with zero attached hydrogens (tertiary/aromatic N) is 4. The van der Waals surface area contributed by atoms with E-state index in [1.807, 2.05) is 12.1 Å². The van der Waals surface area contributed by atoms with E-state index in [9.17, 15) is 0 Å². The molecule has 0 amide bonds. The maximum atomic E-state index is 5.33. The second-order valence-corrected chi connectivity index (χ2v) is 11.0. The molecule has 0 saturated heterocycles. The first-order valence-electron chi connectivity index (χ1n) is 14.9. The number of hydrogen-bond acceptors (Lipinski definition) is 3. The highest BCUT2D eigenvalue weighted by molar-refractivity contribution is 5.99. The lowest BCUT2D eigenvalue weighted by Crippen LogP contribution is -2.25. The summed E-state index contributed by atoms with van der Waals surface area (Å²) in [5, 5.41) is 1.26. The highest BCUT2D eigenvalue weighted by Crippen LogP contribution is 2.42. The Hall–Kier alpha value is -5.48. The minimum Gasteiger partial charge on any atom is -0.339 e. The lowest BCUT2D eigenvalue weighted by molar-refractivity contribution is 0.735. The normalized spacial score (nSPS) is 12.8. The SMILES string of the molecule is c1ccc(-c2cc(-c3cccc(-n4c5c(c6ccccc64)N(c4ccccc4)CCC5)n3)cc(-c3ccccc3)n2)cc1. The van der Waals surface area contributed by atoms with Crippen LogP contribution >= 0.6 is 0 Å². The molecule has 0 bridgehead atoms. The van der Waals surface area contributed by atoms with Crippen LogP contribution < -0.4 is 4.90 Å². The van der Waals surface area contributed by atoms with Gasteiger partial charge in [-0.3, -0.25) is 4.57 Å². The van der Waals surface area contributed by atoms with Gasteiger partial charge in [-0.25, -0.2) is 9.97 Å². The molecule has 43 heavy (non-hydrogen) atoms. The first kappa shape index (κ1) is 25.2. The second kappa shape index (κ2) is 10.7. The summed E-state index contributed by atoms with van der Waals surface area (Å²) in [6, 6.07) is 50.9. The zero-order valence-corrected chi connectivity index (χ0v) is 23.8. The number of anilines is 2. The summed E-state index contributed by atoms with van der Waals surface area (Å²) < 4.78 is 2.38. The lowest BCUT2D eigenvalue weighted by atomic mass is 10.0. The van der Waals surface area contributed by atoms with Crippen molar-refractivity contribution in [3.8, 4) is 39.6 Å². The molecule has 0 unspecified atom stereocenters. The maximum Gasteiger partial charge on any atom is 0.138 e. The van der Waals surface area contributed by atoms with Gasteiger partial charge in [0, 0.05) is 40.0 Å². The number of rotatable bonds is 5. The van der Waals surface area contributed by atoms with Gasteiger partial charge in [-0.2, -0.15) is 0 Å². The average molecular weight is 555 g/mol. The van der Waals surface area contributed by atoms with Crippen molar-refractivity contribution in [2.75, 3.05) is 11.4 Å². The zero-order valence-electron chi connectivity index (χ0n) is 23.8. The molecular formula is C39H30N4. The fourth-order valence-corrected chi connectivity index (χ4v) is 6.35. The molecule has 4 aromatic carbocycles. The summed E-state index contributed by atoms with van der Waals surface area (Å²) in [6.45, 7) is 1.00. The number of para-hydroxylation sites is 2. The Bertz CT molecular complexity index is 1990. The molecule has 0 N–H and O–H groups in total. The monoisotopic (exact) mass is 554 g/mol. The van der Waals surface area contributed by atoms with E-state index in [2.05, 4.69) is 143 Å². The Balaban J connectivity index is 1.30. The molecule has 8 rings (SSSR count). The Kier molecular flexibility index (Phi) is 6.30. The number of fused-ring (bicyclic) bond motifs is 3. The zero-order chi connectivity index (χ0) is 28.6. The molecule has 0 saturated carbocycles. The molecule has 4 heteroatoms. The highest BCUT2D eigenvalue weighted by atomic mass is 15.2. The van der Waals surface area contributed by atoms with Crippen LogP contribution in [0, 0.1) is 0 Å². The first-order chi connectivity index (χ1) is 21.3. The Morgan fingerprint density at radius 3 is 1.84 bits per heavy atom. The predicted molar refractivity (Wildman–Crippen MR) is 177 cm³/mol. The van der Waals surface area contributed by atoms with Crippen molar-refractivity contribution in [2.45, 2.75) is 12.8 Å². The van der Waals surface area contributed by atoms with Gasteiger partial charge in [0.05, 0.1) is 28.3 Å². The van der Waals surface area contributed by atoms with E-state index in [0.717, 1.165) is 59.0 Å². The molecule has 0 radical (unpaired) electrons. The molecule has 206 valence electrons. The molecule has 0 atom stereocenters. The summed E-state index contributed by atoms with van der Waals surface area (Å²) in [6.07, 6.45) is 2.09. The fraction of sp³-hybridized carbons (Fsp3) is 0.0769. The molecule has 4 nitrogen and oxygen atoms in total. The average Bonchev–Trinajstić information content (AvgIpc) is 3.44.